The number of hydrogen-bond acceptors (Lipinski definition) is 3. The van der Waals surface area contributed by atoms with Gasteiger partial charge >= 0.3 is 0 Å². The molecule has 122 valence electrons. The minimum absolute atomic E-state index is 0.743. The van der Waals surface area contributed by atoms with Gasteiger partial charge in [-0.2, -0.15) is 0 Å². The van der Waals surface area contributed by atoms with E-state index in [1.807, 2.05) is 12.5 Å². The van der Waals surface area contributed by atoms with Gasteiger partial charge in [-0.25, -0.2) is 4.98 Å². The number of hydrogen-bond donors (Lipinski definition) is 0. The average Bonchev–Trinajstić information content (AvgIpc) is 3.22. The van der Waals surface area contributed by atoms with Crippen LogP contribution in [0.3, 0.4) is 0 Å². The molecule has 0 radical (unpaired) electrons. The summed E-state index contributed by atoms with van der Waals surface area (Å²) < 4.78 is 7.74. The summed E-state index contributed by atoms with van der Waals surface area (Å²) in [5, 5.41) is 0. The summed E-state index contributed by atoms with van der Waals surface area (Å²) in [6.07, 6.45) is 16.9. The Balaban J connectivity index is 1.46. The Hall–Kier alpha value is -1.13. The topological polar surface area (TPSA) is 30.3 Å². The first kappa shape index (κ1) is 15.8. The zero-order valence-corrected chi connectivity index (χ0v) is 13.6. The van der Waals surface area contributed by atoms with Crippen LogP contribution in [0.15, 0.2) is 30.9 Å². The predicted octanol–water partition coefficient (Wildman–Crippen LogP) is 2.97. The second-order valence-electron chi connectivity index (χ2n) is 6.79. The Bertz CT molecular complexity index is 437. The molecule has 1 aromatic rings. The van der Waals surface area contributed by atoms with Crippen molar-refractivity contribution in [2.24, 2.45) is 11.8 Å². The number of ether oxygens (including phenoxy) is 1. The standard InChI is InChI=1S/C18H29N3O/c1-2-5-17(6-3-1)13-21(14-18-7-12-22-15-18)10-4-9-20-11-8-19-16-20/h1-2,8,11,16-18H,3-7,9-10,12-15H2. The van der Waals surface area contributed by atoms with Crippen molar-refractivity contribution >= 4 is 0 Å². The average molecular weight is 303 g/mol. The Morgan fingerprint density at radius 1 is 1.18 bits per heavy atom. The summed E-state index contributed by atoms with van der Waals surface area (Å²) in [5.74, 6) is 1.59. The van der Waals surface area contributed by atoms with Gasteiger partial charge in [0.25, 0.3) is 0 Å². The minimum atomic E-state index is 0.743. The van der Waals surface area contributed by atoms with Crippen LogP contribution < -0.4 is 0 Å². The van der Waals surface area contributed by atoms with Crippen LogP contribution in [0, 0.1) is 11.8 Å². The third kappa shape index (κ3) is 4.96. The number of imidazole rings is 1. The molecule has 4 nitrogen and oxygen atoms in total. The van der Waals surface area contributed by atoms with Crippen LogP contribution >= 0.6 is 0 Å². The van der Waals surface area contributed by atoms with Gasteiger partial charge < -0.3 is 14.2 Å². The molecule has 22 heavy (non-hydrogen) atoms. The molecule has 2 heterocycles. The smallest absolute Gasteiger partial charge is 0.0945 e. The molecule has 2 unspecified atom stereocenters. The summed E-state index contributed by atoms with van der Waals surface area (Å²) in [6, 6.07) is 0. The van der Waals surface area contributed by atoms with E-state index in [0.29, 0.717) is 0 Å². The molecule has 0 saturated carbocycles. The van der Waals surface area contributed by atoms with Crippen molar-refractivity contribution in [3.05, 3.63) is 30.9 Å². The number of allylic oxidation sites excluding steroid dienone is 2. The molecule has 0 bridgehead atoms. The fourth-order valence-corrected chi connectivity index (χ4v) is 3.63. The molecule has 4 heteroatoms. The number of aromatic nitrogens is 2. The van der Waals surface area contributed by atoms with Crippen molar-refractivity contribution in [3.8, 4) is 0 Å². The van der Waals surface area contributed by atoms with Gasteiger partial charge in [0.15, 0.2) is 0 Å². The van der Waals surface area contributed by atoms with E-state index in [1.54, 1.807) is 0 Å². The van der Waals surface area contributed by atoms with Gasteiger partial charge in [0.1, 0.15) is 0 Å². The predicted molar refractivity (Wildman–Crippen MR) is 88.7 cm³/mol. The molecular formula is C18H29N3O. The Kier molecular flexibility index (Phi) is 6.08. The summed E-state index contributed by atoms with van der Waals surface area (Å²) in [6.45, 7) is 6.65. The zero-order valence-electron chi connectivity index (χ0n) is 13.6. The zero-order chi connectivity index (χ0) is 15.0. The van der Waals surface area contributed by atoms with E-state index >= 15 is 0 Å². The third-order valence-corrected chi connectivity index (χ3v) is 4.88. The highest BCUT2D eigenvalue weighted by Crippen LogP contribution is 2.21. The van der Waals surface area contributed by atoms with Crippen LogP contribution in [0.25, 0.3) is 0 Å². The Morgan fingerprint density at radius 2 is 2.14 bits per heavy atom. The van der Waals surface area contributed by atoms with Crippen molar-refractivity contribution < 1.29 is 4.74 Å². The maximum atomic E-state index is 5.56. The normalized spacial score (nSPS) is 25.1. The molecule has 3 rings (SSSR count). The van der Waals surface area contributed by atoms with Gasteiger partial charge in [-0.3, -0.25) is 0 Å². The molecule has 2 atom stereocenters. The molecule has 2 aliphatic rings. The lowest BCUT2D eigenvalue weighted by Crippen LogP contribution is -2.35. The van der Waals surface area contributed by atoms with Gasteiger partial charge in [0.2, 0.25) is 0 Å². The second-order valence-corrected chi connectivity index (χ2v) is 6.79. The summed E-state index contributed by atoms with van der Waals surface area (Å²) in [5.41, 5.74) is 0. The molecule has 1 aliphatic carbocycles. The minimum Gasteiger partial charge on any atom is -0.381 e. The molecule has 1 fully saturated rings. The molecular weight excluding hydrogens is 274 g/mol. The molecule has 1 aliphatic heterocycles. The van der Waals surface area contributed by atoms with Gasteiger partial charge in [-0.15, -0.1) is 0 Å². The number of rotatable bonds is 8. The first-order valence-corrected chi connectivity index (χ1v) is 8.81. The molecule has 1 saturated heterocycles. The van der Waals surface area contributed by atoms with Gasteiger partial charge in [0.05, 0.1) is 12.9 Å². The van der Waals surface area contributed by atoms with Crippen LogP contribution in [0.1, 0.15) is 32.1 Å². The molecule has 1 aromatic heterocycles. The highest BCUT2D eigenvalue weighted by atomic mass is 16.5. The summed E-state index contributed by atoms with van der Waals surface area (Å²) in [4.78, 5) is 6.82. The van der Waals surface area contributed by atoms with Crippen LogP contribution in [-0.4, -0.2) is 47.3 Å². The van der Waals surface area contributed by atoms with Crippen molar-refractivity contribution in [3.63, 3.8) is 0 Å². The van der Waals surface area contributed by atoms with Crippen LogP contribution in [0.2, 0.25) is 0 Å². The van der Waals surface area contributed by atoms with Crippen molar-refractivity contribution in [2.45, 2.75) is 38.6 Å². The first-order chi connectivity index (χ1) is 10.9. The number of aryl methyl sites for hydroxylation is 1. The van der Waals surface area contributed by atoms with E-state index in [4.69, 9.17) is 4.74 Å². The van der Waals surface area contributed by atoms with Gasteiger partial charge in [-0.1, -0.05) is 12.2 Å². The maximum absolute atomic E-state index is 5.56. The largest absolute Gasteiger partial charge is 0.381 e. The van der Waals surface area contributed by atoms with Gasteiger partial charge in [-0.05, 0) is 50.5 Å². The van der Waals surface area contributed by atoms with E-state index in [1.165, 1.54) is 51.7 Å². The lowest BCUT2D eigenvalue weighted by atomic mass is 9.93. The summed E-state index contributed by atoms with van der Waals surface area (Å²) in [7, 11) is 0. The fourth-order valence-electron chi connectivity index (χ4n) is 3.63. The first-order valence-electron chi connectivity index (χ1n) is 8.81. The van der Waals surface area contributed by atoms with Crippen LogP contribution in [0.5, 0.6) is 0 Å². The molecule has 0 amide bonds. The maximum Gasteiger partial charge on any atom is 0.0945 e. The molecule has 0 N–H and O–H groups in total. The second kappa shape index (κ2) is 8.49. The van der Waals surface area contributed by atoms with Gasteiger partial charge in [0, 0.05) is 38.6 Å². The molecule has 0 spiro atoms. The quantitative estimate of drug-likeness (QED) is 0.692. The lowest BCUT2D eigenvalue weighted by Gasteiger charge is -2.30. The Labute approximate surface area is 134 Å². The van der Waals surface area contributed by atoms with Crippen LogP contribution in [0.4, 0.5) is 0 Å². The van der Waals surface area contributed by atoms with E-state index in [0.717, 1.165) is 31.6 Å². The highest BCUT2D eigenvalue weighted by molar-refractivity contribution is 4.91. The Morgan fingerprint density at radius 3 is 2.86 bits per heavy atom. The summed E-state index contributed by atoms with van der Waals surface area (Å²) >= 11 is 0. The number of nitrogens with zero attached hydrogens (tertiary/aromatic N) is 3. The van der Waals surface area contributed by atoms with Crippen molar-refractivity contribution in [1.29, 1.82) is 0 Å². The van der Waals surface area contributed by atoms with Crippen LogP contribution in [-0.2, 0) is 11.3 Å². The lowest BCUT2D eigenvalue weighted by molar-refractivity contribution is 0.154. The van der Waals surface area contributed by atoms with E-state index in [2.05, 4.69) is 32.8 Å². The monoisotopic (exact) mass is 303 g/mol. The van der Waals surface area contributed by atoms with E-state index in [-0.39, 0.29) is 0 Å². The molecule has 0 aromatic carbocycles. The van der Waals surface area contributed by atoms with Crippen molar-refractivity contribution in [2.75, 3.05) is 32.8 Å². The fraction of sp³-hybridized carbons (Fsp3) is 0.722. The highest BCUT2D eigenvalue weighted by Gasteiger charge is 2.21. The third-order valence-electron chi connectivity index (χ3n) is 4.88. The van der Waals surface area contributed by atoms with E-state index in [9.17, 15) is 0 Å². The van der Waals surface area contributed by atoms with Crippen molar-refractivity contribution in [1.82, 2.24) is 14.5 Å². The van der Waals surface area contributed by atoms with E-state index < -0.39 is 0 Å². The SMILES string of the molecule is C1=CCC(CN(CCCn2ccnc2)CC2CCOC2)CC1.